The van der Waals surface area contributed by atoms with Crippen molar-refractivity contribution in [2.24, 2.45) is 5.92 Å². The average Bonchev–Trinajstić information content (AvgIpc) is 2.36. The summed E-state index contributed by atoms with van der Waals surface area (Å²) in [6, 6.07) is 0. The maximum Gasteiger partial charge on any atom is 0.223 e. The Morgan fingerprint density at radius 2 is 2.33 bits per heavy atom. The van der Waals surface area contributed by atoms with Crippen LogP contribution in [0.2, 0.25) is 0 Å². The zero-order chi connectivity index (χ0) is 8.97. The summed E-state index contributed by atoms with van der Waals surface area (Å²) in [4.78, 5) is 13.3. The molecule has 12 heavy (non-hydrogen) atoms. The van der Waals surface area contributed by atoms with E-state index in [9.17, 15) is 4.79 Å². The summed E-state index contributed by atoms with van der Waals surface area (Å²) >= 11 is 0. The number of nitrogens with zero attached hydrogens (tertiary/aromatic N) is 1. The van der Waals surface area contributed by atoms with E-state index in [0.717, 1.165) is 32.4 Å². The van der Waals surface area contributed by atoms with Crippen LogP contribution in [0.5, 0.6) is 0 Å². The lowest BCUT2D eigenvalue weighted by Gasteiger charge is -2.10. The Kier molecular flexibility index (Phi) is 3.53. The van der Waals surface area contributed by atoms with E-state index in [-0.39, 0.29) is 5.91 Å². The highest BCUT2D eigenvalue weighted by Gasteiger charge is 2.22. The first-order valence-electron chi connectivity index (χ1n) is 4.62. The highest BCUT2D eigenvalue weighted by Crippen LogP contribution is 2.15. The maximum absolute atomic E-state index is 11.1. The molecule has 1 saturated heterocycles. The van der Waals surface area contributed by atoms with Crippen molar-refractivity contribution in [1.82, 2.24) is 10.2 Å². The molecule has 1 fully saturated rings. The molecule has 0 aromatic rings. The van der Waals surface area contributed by atoms with Gasteiger partial charge in [0.05, 0.1) is 0 Å². The number of amides is 1. The molecule has 1 unspecified atom stereocenters. The third-order valence-electron chi connectivity index (χ3n) is 2.32. The van der Waals surface area contributed by atoms with Gasteiger partial charge in [0.25, 0.3) is 0 Å². The molecule has 0 spiro atoms. The topological polar surface area (TPSA) is 32.3 Å². The molecule has 1 N–H and O–H groups in total. The summed E-state index contributed by atoms with van der Waals surface area (Å²) in [6.45, 7) is 1.97. The van der Waals surface area contributed by atoms with Gasteiger partial charge >= 0.3 is 0 Å². The zero-order valence-corrected chi connectivity index (χ0v) is 7.97. The molecule has 1 aliphatic rings. The van der Waals surface area contributed by atoms with Gasteiger partial charge in [-0.15, -0.1) is 0 Å². The van der Waals surface area contributed by atoms with Crippen LogP contribution < -0.4 is 5.32 Å². The molecular weight excluding hydrogens is 152 g/mol. The molecule has 1 aliphatic heterocycles. The largest absolute Gasteiger partial charge is 0.356 e. The number of carbonyl (C=O) groups is 1. The second kappa shape index (κ2) is 4.45. The highest BCUT2D eigenvalue weighted by molar-refractivity contribution is 5.80. The lowest BCUT2D eigenvalue weighted by atomic mass is 10.0. The predicted molar refractivity (Wildman–Crippen MR) is 48.9 cm³/mol. The molecule has 0 aromatic heterocycles. The summed E-state index contributed by atoms with van der Waals surface area (Å²) in [5, 5.41) is 2.86. The van der Waals surface area contributed by atoms with Gasteiger partial charge in [-0.1, -0.05) is 0 Å². The predicted octanol–water partition coefficient (Wildman–Crippen LogP) is 0.464. The van der Waals surface area contributed by atoms with Crippen molar-refractivity contribution < 1.29 is 4.79 Å². The Hall–Kier alpha value is -0.570. The van der Waals surface area contributed by atoms with Crippen molar-refractivity contribution >= 4 is 5.91 Å². The maximum atomic E-state index is 11.1. The number of rotatable bonds is 4. The van der Waals surface area contributed by atoms with E-state index in [1.807, 2.05) is 0 Å². The fourth-order valence-corrected chi connectivity index (χ4v) is 1.57. The molecule has 70 valence electrons. The smallest absolute Gasteiger partial charge is 0.223 e. The fourth-order valence-electron chi connectivity index (χ4n) is 1.57. The van der Waals surface area contributed by atoms with E-state index >= 15 is 0 Å². The molecule has 0 bridgehead atoms. The van der Waals surface area contributed by atoms with E-state index in [1.165, 1.54) is 0 Å². The monoisotopic (exact) mass is 170 g/mol. The van der Waals surface area contributed by atoms with Gasteiger partial charge in [0.2, 0.25) is 5.91 Å². The Labute approximate surface area is 74.1 Å². The van der Waals surface area contributed by atoms with Crippen molar-refractivity contribution in [1.29, 1.82) is 0 Å². The Morgan fingerprint density at radius 3 is 2.83 bits per heavy atom. The van der Waals surface area contributed by atoms with Crippen LogP contribution in [-0.2, 0) is 4.79 Å². The Morgan fingerprint density at radius 1 is 1.58 bits per heavy atom. The van der Waals surface area contributed by atoms with Gasteiger partial charge in [-0.2, -0.15) is 0 Å². The van der Waals surface area contributed by atoms with Gasteiger partial charge in [0, 0.05) is 12.5 Å². The number of carbonyl (C=O) groups excluding carboxylic acids is 1. The van der Waals surface area contributed by atoms with Crippen molar-refractivity contribution in [3.8, 4) is 0 Å². The quantitative estimate of drug-likeness (QED) is 0.665. The number of hydrogen-bond donors (Lipinski definition) is 1. The Balaban J connectivity index is 2.10. The van der Waals surface area contributed by atoms with E-state index in [4.69, 9.17) is 0 Å². The molecule has 0 aliphatic carbocycles. The van der Waals surface area contributed by atoms with Crippen LogP contribution in [0.1, 0.15) is 19.3 Å². The summed E-state index contributed by atoms with van der Waals surface area (Å²) in [6.07, 6.45) is 3.21. The minimum atomic E-state index is 0.258. The third kappa shape index (κ3) is 2.81. The van der Waals surface area contributed by atoms with Crippen LogP contribution in [0.4, 0.5) is 0 Å². The molecule has 1 atom stereocenters. The van der Waals surface area contributed by atoms with E-state index < -0.39 is 0 Å². The van der Waals surface area contributed by atoms with Gasteiger partial charge in [0.15, 0.2) is 0 Å². The van der Waals surface area contributed by atoms with Crippen molar-refractivity contribution in [2.45, 2.75) is 19.3 Å². The molecule has 1 heterocycles. The molecule has 0 radical (unpaired) electrons. The minimum absolute atomic E-state index is 0.258. The average molecular weight is 170 g/mol. The van der Waals surface area contributed by atoms with Crippen molar-refractivity contribution in [3.63, 3.8) is 0 Å². The SMILES string of the molecule is CN(C)CCCC1CCNC1=O. The first-order valence-corrected chi connectivity index (χ1v) is 4.62. The zero-order valence-electron chi connectivity index (χ0n) is 7.97. The van der Waals surface area contributed by atoms with Gasteiger partial charge < -0.3 is 10.2 Å². The fraction of sp³-hybridized carbons (Fsp3) is 0.889. The van der Waals surface area contributed by atoms with E-state index in [1.54, 1.807) is 0 Å². The second-order valence-electron chi connectivity index (χ2n) is 3.72. The summed E-state index contributed by atoms with van der Waals surface area (Å²) in [7, 11) is 4.13. The standard InChI is InChI=1S/C9H18N2O/c1-11(2)7-3-4-8-5-6-10-9(8)12/h8H,3-7H2,1-2H3,(H,10,12). The lowest BCUT2D eigenvalue weighted by molar-refractivity contribution is -0.122. The summed E-state index contributed by atoms with van der Waals surface area (Å²) in [5.41, 5.74) is 0. The van der Waals surface area contributed by atoms with Crippen LogP contribution in [-0.4, -0.2) is 38.0 Å². The number of nitrogens with one attached hydrogen (secondary N) is 1. The van der Waals surface area contributed by atoms with Gasteiger partial charge in [-0.3, -0.25) is 4.79 Å². The van der Waals surface area contributed by atoms with E-state index in [0.29, 0.717) is 5.92 Å². The second-order valence-corrected chi connectivity index (χ2v) is 3.72. The van der Waals surface area contributed by atoms with Crippen molar-refractivity contribution in [3.05, 3.63) is 0 Å². The third-order valence-corrected chi connectivity index (χ3v) is 2.32. The molecule has 1 rings (SSSR count). The van der Waals surface area contributed by atoms with Crippen LogP contribution in [0.15, 0.2) is 0 Å². The van der Waals surface area contributed by atoms with Gasteiger partial charge in [0.1, 0.15) is 0 Å². The van der Waals surface area contributed by atoms with Crippen LogP contribution in [0, 0.1) is 5.92 Å². The van der Waals surface area contributed by atoms with E-state index in [2.05, 4.69) is 24.3 Å². The number of hydrogen-bond acceptors (Lipinski definition) is 2. The molecule has 1 amide bonds. The van der Waals surface area contributed by atoms with Crippen molar-refractivity contribution in [2.75, 3.05) is 27.2 Å². The van der Waals surface area contributed by atoms with Crippen LogP contribution in [0.25, 0.3) is 0 Å². The first-order chi connectivity index (χ1) is 5.70. The normalized spacial score (nSPS) is 23.2. The Bertz CT molecular complexity index is 157. The molecular formula is C9H18N2O. The van der Waals surface area contributed by atoms with Gasteiger partial charge in [-0.05, 0) is 39.9 Å². The summed E-state index contributed by atoms with van der Waals surface area (Å²) in [5.74, 6) is 0.554. The molecule has 0 saturated carbocycles. The summed E-state index contributed by atoms with van der Waals surface area (Å²) < 4.78 is 0. The molecule has 0 aromatic carbocycles. The van der Waals surface area contributed by atoms with Gasteiger partial charge in [-0.25, -0.2) is 0 Å². The van der Waals surface area contributed by atoms with Crippen LogP contribution in [0.3, 0.4) is 0 Å². The minimum Gasteiger partial charge on any atom is -0.356 e. The molecule has 3 nitrogen and oxygen atoms in total. The highest BCUT2D eigenvalue weighted by atomic mass is 16.2. The van der Waals surface area contributed by atoms with Crippen LogP contribution >= 0.6 is 0 Å². The lowest BCUT2D eigenvalue weighted by Crippen LogP contribution is -2.20. The first kappa shape index (κ1) is 9.52. The molecule has 3 heteroatoms.